The first-order valence-electron chi connectivity index (χ1n) is 8.23. The second kappa shape index (κ2) is 6.75. The molecule has 0 atom stereocenters. The number of nitrogens with one attached hydrogen (secondary N) is 1. The van der Waals surface area contributed by atoms with Gasteiger partial charge in [0.1, 0.15) is 5.56 Å². The number of hydrogen-bond donors (Lipinski definition) is 3. The van der Waals surface area contributed by atoms with Crippen LogP contribution in [0.2, 0.25) is 0 Å². The number of nitrogens with zero attached hydrogens (tertiary/aromatic N) is 2. The number of carboxylic acids is 1. The number of H-pyrrole nitrogens is 1. The Balaban J connectivity index is 1.87. The number of para-hydroxylation sites is 1. The zero-order valence-electron chi connectivity index (χ0n) is 14.3. The summed E-state index contributed by atoms with van der Waals surface area (Å²) in [5.74, 6) is -1.41. The molecule has 138 valence electrons. The van der Waals surface area contributed by atoms with Crippen LogP contribution in [0.1, 0.15) is 21.5 Å². The van der Waals surface area contributed by atoms with E-state index < -0.39 is 11.5 Å². The van der Waals surface area contributed by atoms with Crippen molar-refractivity contribution in [1.82, 2.24) is 9.55 Å². The zero-order valence-corrected chi connectivity index (χ0v) is 15.1. The average molecular weight is 391 g/mol. The van der Waals surface area contributed by atoms with Crippen molar-refractivity contribution in [2.45, 2.75) is 0 Å². The van der Waals surface area contributed by atoms with E-state index in [1.165, 1.54) is 28.8 Å². The summed E-state index contributed by atoms with van der Waals surface area (Å²) in [5.41, 5.74) is 2.31. The Labute approximate surface area is 163 Å². The van der Waals surface area contributed by atoms with Gasteiger partial charge >= 0.3 is 5.97 Å². The summed E-state index contributed by atoms with van der Waals surface area (Å²) >= 11 is 5.18. The molecule has 1 aliphatic heterocycles. The van der Waals surface area contributed by atoms with E-state index in [4.69, 9.17) is 17.3 Å². The van der Waals surface area contributed by atoms with Crippen LogP contribution in [-0.4, -0.2) is 31.9 Å². The van der Waals surface area contributed by atoms with E-state index in [0.717, 1.165) is 11.3 Å². The molecule has 4 rings (SSSR count). The first-order chi connectivity index (χ1) is 13.5. The highest BCUT2D eigenvalue weighted by atomic mass is 32.1. The van der Waals surface area contributed by atoms with Crippen molar-refractivity contribution in [3.05, 3.63) is 80.3 Å². The van der Waals surface area contributed by atoms with Gasteiger partial charge in [0, 0.05) is 17.4 Å². The number of aliphatic imine (C=N–C) groups is 1. The Hall–Kier alpha value is -3.78. The summed E-state index contributed by atoms with van der Waals surface area (Å²) < 4.78 is 1.26. The summed E-state index contributed by atoms with van der Waals surface area (Å²) in [6, 6.07) is 13.2. The van der Waals surface area contributed by atoms with Crippen molar-refractivity contribution in [2.24, 2.45) is 4.99 Å². The van der Waals surface area contributed by atoms with Gasteiger partial charge in [-0.2, -0.15) is 0 Å². The lowest BCUT2D eigenvalue weighted by molar-refractivity contribution is 0.0697. The summed E-state index contributed by atoms with van der Waals surface area (Å²) in [6.07, 6.45) is 3.16. The van der Waals surface area contributed by atoms with Crippen molar-refractivity contribution >= 4 is 41.7 Å². The standard InChI is InChI=1S/C20H13N3O4S/c24-17-15(9-12-10-21-16-4-2-1-3-14(12)16)18(25)23(20(28)22-17)13-7-5-11(6-8-13)19(26)27/h1-10,25H,(H,26,27)(H,22,24,28). The van der Waals surface area contributed by atoms with Gasteiger partial charge in [0.05, 0.1) is 16.9 Å². The molecule has 3 N–H and O–H groups in total. The zero-order chi connectivity index (χ0) is 19.8. The summed E-state index contributed by atoms with van der Waals surface area (Å²) in [4.78, 5) is 30.3. The van der Waals surface area contributed by atoms with Crippen LogP contribution in [-0.2, 0) is 0 Å². The summed E-state index contributed by atoms with van der Waals surface area (Å²) in [7, 11) is 0. The normalized spacial score (nSPS) is 13.6. The monoisotopic (exact) mass is 391 g/mol. The molecule has 0 amide bonds. The van der Waals surface area contributed by atoms with Crippen molar-refractivity contribution in [1.29, 1.82) is 0 Å². The number of aromatic carboxylic acids is 1. The van der Waals surface area contributed by atoms with Crippen molar-refractivity contribution < 1.29 is 15.0 Å². The second-order valence-corrected chi connectivity index (χ2v) is 6.45. The number of aromatic amines is 1. The molecule has 8 heteroatoms. The minimum Gasteiger partial charge on any atom is -0.494 e. The second-order valence-electron chi connectivity index (χ2n) is 6.06. The largest absolute Gasteiger partial charge is 0.494 e. The Morgan fingerprint density at radius 3 is 2.57 bits per heavy atom. The van der Waals surface area contributed by atoms with E-state index in [1.807, 2.05) is 24.3 Å². The number of fused-ring (bicyclic) bond motifs is 1. The number of carboxylic acid groups (broad SMARTS) is 1. The Bertz CT molecular complexity index is 1280. The molecule has 0 unspecified atom stereocenters. The predicted octanol–water partition coefficient (Wildman–Crippen LogP) is 3.56. The molecule has 1 aliphatic rings. The molecule has 3 aromatic rings. The summed E-state index contributed by atoms with van der Waals surface area (Å²) in [6.45, 7) is 0. The fourth-order valence-electron chi connectivity index (χ4n) is 2.97. The third kappa shape index (κ3) is 2.95. The smallest absolute Gasteiger partial charge is 0.335 e. The van der Waals surface area contributed by atoms with Gasteiger partial charge in [0.2, 0.25) is 5.88 Å². The quantitative estimate of drug-likeness (QED) is 0.592. The first-order valence-corrected chi connectivity index (χ1v) is 8.64. The van der Waals surface area contributed by atoms with Gasteiger partial charge in [-0.3, -0.25) is 19.3 Å². The number of allylic oxidation sites excluding steroid dienone is 1. The van der Waals surface area contributed by atoms with E-state index in [-0.39, 0.29) is 21.8 Å². The predicted molar refractivity (Wildman–Crippen MR) is 108 cm³/mol. The number of aromatic hydroxyl groups is 1. The highest BCUT2D eigenvalue weighted by molar-refractivity contribution is 7.71. The minimum atomic E-state index is -1.06. The number of rotatable bonds is 3. The highest BCUT2D eigenvalue weighted by Gasteiger charge is 2.17. The van der Waals surface area contributed by atoms with Crippen LogP contribution in [0.5, 0.6) is 5.88 Å². The average Bonchev–Trinajstić information content (AvgIpc) is 3.08. The van der Waals surface area contributed by atoms with Gasteiger partial charge in [-0.1, -0.05) is 18.2 Å². The van der Waals surface area contributed by atoms with Crippen LogP contribution in [0.4, 0.5) is 5.69 Å². The van der Waals surface area contributed by atoms with Crippen LogP contribution in [0.15, 0.2) is 58.3 Å². The summed E-state index contributed by atoms with van der Waals surface area (Å²) in [5, 5.41) is 19.8. The molecule has 0 fully saturated rings. The topological polar surface area (TPSA) is 108 Å². The fourth-order valence-corrected chi connectivity index (χ4v) is 3.26. The lowest BCUT2D eigenvalue weighted by Gasteiger charge is -2.12. The number of hydrogen-bond acceptors (Lipinski definition) is 5. The lowest BCUT2D eigenvalue weighted by atomic mass is 10.1. The van der Waals surface area contributed by atoms with Crippen LogP contribution >= 0.6 is 12.2 Å². The van der Waals surface area contributed by atoms with E-state index in [0.29, 0.717) is 11.3 Å². The molecular weight excluding hydrogens is 378 g/mol. The molecule has 0 saturated heterocycles. The highest BCUT2D eigenvalue weighted by Crippen LogP contribution is 2.33. The van der Waals surface area contributed by atoms with E-state index in [1.54, 1.807) is 12.3 Å². The molecular formula is C20H13N3O4S. The van der Waals surface area contributed by atoms with Crippen LogP contribution in [0.3, 0.4) is 0 Å². The molecule has 2 aromatic carbocycles. The lowest BCUT2D eigenvalue weighted by Crippen LogP contribution is -2.16. The van der Waals surface area contributed by atoms with Crippen LogP contribution < -0.4 is 5.56 Å². The molecule has 0 radical (unpaired) electrons. The molecule has 0 bridgehead atoms. The first kappa shape index (κ1) is 17.6. The third-order valence-electron chi connectivity index (χ3n) is 4.35. The molecule has 28 heavy (non-hydrogen) atoms. The maximum atomic E-state index is 12.4. The SMILES string of the molecule is O=C(O)c1ccc(-n2c(O)c(C=C3C=Nc4ccccc43)c(=O)[nH]c2=S)cc1. The van der Waals surface area contributed by atoms with Crippen molar-refractivity contribution in [2.75, 3.05) is 0 Å². The van der Waals surface area contributed by atoms with Crippen LogP contribution in [0, 0.1) is 4.77 Å². The van der Waals surface area contributed by atoms with Gasteiger partial charge in [-0.05, 0) is 48.6 Å². The van der Waals surface area contributed by atoms with Crippen molar-refractivity contribution in [3.63, 3.8) is 0 Å². The van der Waals surface area contributed by atoms with E-state index >= 15 is 0 Å². The molecule has 0 spiro atoms. The molecule has 0 saturated carbocycles. The maximum absolute atomic E-state index is 12.4. The van der Waals surface area contributed by atoms with Gasteiger partial charge in [-0.15, -0.1) is 0 Å². The molecule has 1 aromatic heterocycles. The number of carbonyl (C=O) groups is 1. The number of aromatic nitrogens is 2. The molecule has 7 nitrogen and oxygen atoms in total. The molecule has 2 heterocycles. The van der Waals surface area contributed by atoms with E-state index in [2.05, 4.69) is 9.98 Å². The minimum absolute atomic E-state index is 0.00628. The Morgan fingerprint density at radius 1 is 1.14 bits per heavy atom. The Morgan fingerprint density at radius 2 is 1.86 bits per heavy atom. The molecule has 0 aliphatic carbocycles. The van der Waals surface area contributed by atoms with Gasteiger partial charge in [0.25, 0.3) is 5.56 Å². The van der Waals surface area contributed by atoms with Gasteiger partial charge in [-0.25, -0.2) is 4.79 Å². The fraction of sp³-hybridized carbons (Fsp3) is 0. The van der Waals surface area contributed by atoms with Gasteiger partial charge < -0.3 is 10.2 Å². The maximum Gasteiger partial charge on any atom is 0.335 e. The van der Waals surface area contributed by atoms with Crippen molar-refractivity contribution in [3.8, 4) is 11.6 Å². The van der Waals surface area contributed by atoms with E-state index in [9.17, 15) is 14.7 Å². The number of benzene rings is 2. The van der Waals surface area contributed by atoms with Gasteiger partial charge in [0.15, 0.2) is 4.77 Å². The third-order valence-corrected chi connectivity index (χ3v) is 4.64. The van der Waals surface area contributed by atoms with Crippen LogP contribution in [0.25, 0.3) is 17.3 Å². The Kier molecular flexibility index (Phi) is 4.25.